The molecule has 0 radical (unpaired) electrons. The van der Waals surface area contributed by atoms with Gasteiger partial charge in [-0.25, -0.2) is 0 Å². The van der Waals surface area contributed by atoms with Crippen LogP contribution in [0.25, 0.3) is 0 Å². The third-order valence-electron chi connectivity index (χ3n) is 2.09. The Morgan fingerprint density at radius 3 is 2.56 bits per heavy atom. The molecule has 0 aliphatic rings. The summed E-state index contributed by atoms with van der Waals surface area (Å²) in [5.74, 6) is 0.176. The number of phenols is 1. The second kappa shape index (κ2) is 4.94. The van der Waals surface area contributed by atoms with Crippen molar-refractivity contribution in [2.75, 3.05) is 0 Å². The van der Waals surface area contributed by atoms with Gasteiger partial charge in [-0.3, -0.25) is 4.99 Å². The van der Waals surface area contributed by atoms with Crippen LogP contribution in [0.15, 0.2) is 58.0 Å². The highest BCUT2D eigenvalue weighted by Crippen LogP contribution is 2.29. The SMILES string of the molecule is Oc1ccc(Br)cc1N=Cc1ccccc1. The molecule has 0 saturated carbocycles. The Kier molecular flexibility index (Phi) is 3.37. The summed E-state index contributed by atoms with van der Waals surface area (Å²) in [5, 5.41) is 9.58. The predicted molar refractivity (Wildman–Crippen MR) is 69.5 cm³/mol. The molecular formula is C13H10BrNO. The van der Waals surface area contributed by atoms with Crippen molar-refractivity contribution in [2.24, 2.45) is 4.99 Å². The van der Waals surface area contributed by atoms with Crippen molar-refractivity contribution in [2.45, 2.75) is 0 Å². The van der Waals surface area contributed by atoms with Gasteiger partial charge in [-0.15, -0.1) is 0 Å². The number of halogens is 1. The van der Waals surface area contributed by atoms with Crippen LogP contribution in [0.2, 0.25) is 0 Å². The third-order valence-corrected chi connectivity index (χ3v) is 2.58. The highest BCUT2D eigenvalue weighted by molar-refractivity contribution is 9.10. The van der Waals surface area contributed by atoms with Gasteiger partial charge >= 0.3 is 0 Å². The first-order valence-corrected chi connectivity index (χ1v) is 5.62. The summed E-state index contributed by atoms with van der Waals surface area (Å²) in [6.45, 7) is 0. The molecule has 2 nitrogen and oxygen atoms in total. The molecular weight excluding hydrogens is 266 g/mol. The molecule has 0 heterocycles. The van der Waals surface area contributed by atoms with Crippen LogP contribution < -0.4 is 0 Å². The van der Waals surface area contributed by atoms with E-state index in [-0.39, 0.29) is 5.75 Å². The summed E-state index contributed by atoms with van der Waals surface area (Å²) in [4.78, 5) is 4.23. The lowest BCUT2D eigenvalue weighted by atomic mass is 10.2. The van der Waals surface area contributed by atoms with Gasteiger partial charge in [-0.05, 0) is 23.8 Å². The molecule has 16 heavy (non-hydrogen) atoms. The minimum absolute atomic E-state index is 0.176. The summed E-state index contributed by atoms with van der Waals surface area (Å²) in [6.07, 6.45) is 1.72. The fourth-order valence-electron chi connectivity index (χ4n) is 1.28. The molecule has 2 rings (SSSR count). The Morgan fingerprint density at radius 2 is 1.81 bits per heavy atom. The van der Waals surface area contributed by atoms with Crippen LogP contribution in [0.3, 0.4) is 0 Å². The van der Waals surface area contributed by atoms with Crippen LogP contribution in [-0.4, -0.2) is 11.3 Å². The van der Waals surface area contributed by atoms with Gasteiger partial charge in [0.15, 0.2) is 0 Å². The van der Waals surface area contributed by atoms with Crippen LogP contribution in [0, 0.1) is 0 Å². The Hall–Kier alpha value is -1.61. The molecule has 1 N–H and O–H groups in total. The zero-order valence-corrected chi connectivity index (χ0v) is 10.1. The van der Waals surface area contributed by atoms with Crippen molar-refractivity contribution in [1.82, 2.24) is 0 Å². The maximum Gasteiger partial charge on any atom is 0.141 e. The molecule has 0 fully saturated rings. The van der Waals surface area contributed by atoms with Crippen LogP contribution in [-0.2, 0) is 0 Å². The average molecular weight is 276 g/mol. The Labute approximate surface area is 102 Å². The van der Waals surface area contributed by atoms with E-state index in [9.17, 15) is 5.11 Å². The summed E-state index contributed by atoms with van der Waals surface area (Å²) < 4.78 is 0.894. The Morgan fingerprint density at radius 1 is 1.06 bits per heavy atom. The fraction of sp³-hybridized carbons (Fsp3) is 0. The normalized spacial score (nSPS) is 10.8. The standard InChI is InChI=1S/C13H10BrNO/c14-11-6-7-13(16)12(8-11)15-9-10-4-2-1-3-5-10/h1-9,16H. The van der Waals surface area contributed by atoms with Gasteiger partial charge in [0.25, 0.3) is 0 Å². The second-order valence-corrected chi connectivity index (χ2v) is 4.22. The molecule has 0 unspecified atom stereocenters. The minimum atomic E-state index is 0.176. The summed E-state index contributed by atoms with van der Waals surface area (Å²) in [7, 11) is 0. The second-order valence-electron chi connectivity index (χ2n) is 3.30. The quantitative estimate of drug-likeness (QED) is 0.829. The van der Waals surface area contributed by atoms with E-state index in [1.807, 2.05) is 30.3 Å². The highest BCUT2D eigenvalue weighted by Gasteiger charge is 1.98. The fourth-order valence-corrected chi connectivity index (χ4v) is 1.63. The molecule has 0 amide bonds. The van der Waals surface area contributed by atoms with E-state index >= 15 is 0 Å². The average Bonchev–Trinajstić information content (AvgIpc) is 2.32. The van der Waals surface area contributed by atoms with Crippen molar-refractivity contribution < 1.29 is 5.11 Å². The molecule has 0 aliphatic heterocycles. The molecule has 3 heteroatoms. The third kappa shape index (κ3) is 2.70. The van der Waals surface area contributed by atoms with Crippen LogP contribution >= 0.6 is 15.9 Å². The number of benzene rings is 2. The first-order chi connectivity index (χ1) is 7.75. The lowest BCUT2D eigenvalue weighted by Crippen LogP contribution is -1.78. The van der Waals surface area contributed by atoms with Crippen molar-refractivity contribution in [3.05, 3.63) is 58.6 Å². The van der Waals surface area contributed by atoms with E-state index in [0.29, 0.717) is 5.69 Å². The summed E-state index contributed by atoms with van der Waals surface area (Å²) in [5.41, 5.74) is 1.56. The lowest BCUT2D eigenvalue weighted by molar-refractivity contribution is 0.477. The number of aliphatic imine (C=N–C) groups is 1. The predicted octanol–water partition coefficient (Wildman–Crippen LogP) is 3.91. The monoisotopic (exact) mass is 275 g/mol. The number of nitrogens with zero attached hydrogens (tertiary/aromatic N) is 1. The van der Waals surface area contributed by atoms with Crippen molar-refractivity contribution >= 4 is 27.8 Å². The van der Waals surface area contributed by atoms with Crippen LogP contribution in [0.5, 0.6) is 5.75 Å². The zero-order chi connectivity index (χ0) is 11.4. The molecule has 0 aliphatic carbocycles. The smallest absolute Gasteiger partial charge is 0.141 e. The number of phenolic OH excluding ortho intramolecular Hbond substituents is 1. The molecule has 0 bridgehead atoms. The van der Waals surface area contributed by atoms with Crippen LogP contribution in [0.4, 0.5) is 5.69 Å². The molecule has 0 atom stereocenters. The molecule has 0 aromatic heterocycles. The first kappa shape index (κ1) is 10.9. The van der Waals surface area contributed by atoms with Gasteiger partial charge in [-0.2, -0.15) is 0 Å². The topological polar surface area (TPSA) is 32.6 Å². The molecule has 2 aromatic rings. The van der Waals surface area contributed by atoms with E-state index in [4.69, 9.17) is 0 Å². The molecule has 0 saturated heterocycles. The van der Waals surface area contributed by atoms with E-state index in [1.54, 1.807) is 24.4 Å². The van der Waals surface area contributed by atoms with Crippen LogP contribution in [0.1, 0.15) is 5.56 Å². The van der Waals surface area contributed by atoms with E-state index in [2.05, 4.69) is 20.9 Å². The van der Waals surface area contributed by atoms with Gasteiger partial charge in [0.05, 0.1) is 0 Å². The van der Waals surface area contributed by atoms with Gasteiger partial charge in [0, 0.05) is 10.7 Å². The Balaban J connectivity index is 2.27. The number of aromatic hydroxyl groups is 1. The van der Waals surface area contributed by atoms with Crippen molar-refractivity contribution in [3.63, 3.8) is 0 Å². The summed E-state index contributed by atoms with van der Waals surface area (Å²) >= 11 is 3.34. The molecule has 80 valence electrons. The van der Waals surface area contributed by atoms with Gasteiger partial charge < -0.3 is 5.11 Å². The maximum atomic E-state index is 9.58. The Bertz CT molecular complexity index is 509. The zero-order valence-electron chi connectivity index (χ0n) is 8.47. The van der Waals surface area contributed by atoms with Crippen molar-refractivity contribution in [1.29, 1.82) is 0 Å². The molecule has 0 spiro atoms. The van der Waals surface area contributed by atoms with Gasteiger partial charge in [0.1, 0.15) is 11.4 Å². The number of hydrogen-bond donors (Lipinski definition) is 1. The number of hydrogen-bond acceptors (Lipinski definition) is 2. The van der Waals surface area contributed by atoms with E-state index in [0.717, 1.165) is 10.0 Å². The largest absolute Gasteiger partial charge is 0.506 e. The van der Waals surface area contributed by atoms with E-state index in [1.165, 1.54) is 0 Å². The highest BCUT2D eigenvalue weighted by atomic mass is 79.9. The van der Waals surface area contributed by atoms with E-state index < -0.39 is 0 Å². The van der Waals surface area contributed by atoms with Gasteiger partial charge in [-0.1, -0.05) is 46.3 Å². The minimum Gasteiger partial charge on any atom is -0.506 e. The summed E-state index contributed by atoms with van der Waals surface area (Å²) in [6, 6.07) is 14.9. The van der Waals surface area contributed by atoms with Gasteiger partial charge in [0.2, 0.25) is 0 Å². The first-order valence-electron chi connectivity index (χ1n) is 4.83. The van der Waals surface area contributed by atoms with Crippen molar-refractivity contribution in [3.8, 4) is 5.75 Å². The molecule has 2 aromatic carbocycles. The lowest BCUT2D eigenvalue weighted by Gasteiger charge is -1.99. The number of rotatable bonds is 2. The maximum absolute atomic E-state index is 9.58.